The van der Waals surface area contributed by atoms with Crippen molar-refractivity contribution >= 4 is 38.4 Å². The first kappa shape index (κ1) is 8.08. The quantitative estimate of drug-likeness (QED) is 0.758. The average Bonchev–Trinajstić information content (AvgIpc) is 2.42. The minimum absolute atomic E-state index is 0.703. The summed E-state index contributed by atoms with van der Waals surface area (Å²) in [5, 5.41) is 8.72. The van der Waals surface area contributed by atoms with E-state index in [2.05, 4.69) is 26.1 Å². The standard InChI is InChI=1S/C8H6BrClN2/c1-4-7-5(9)2-3-6(10)8(7)12-11-4/h2-3H,1H3,(H,11,12). The summed E-state index contributed by atoms with van der Waals surface area (Å²) in [7, 11) is 0. The number of nitrogens with zero attached hydrogens (tertiary/aromatic N) is 1. The van der Waals surface area contributed by atoms with E-state index in [-0.39, 0.29) is 0 Å². The number of halogens is 2. The number of aromatic nitrogens is 2. The normalized spacial score (nSPS) is 10.9. The van der Waals surface area contributed by atoms with Gasteiger partial charge in [-0.1, -0.05) is 27.5 Å². The monoisotopic (exact) mass is 244 g/mol. The SMILES string of the molecule is Cc1n[nH]c2c(Cl)ccc(Br)c12. The zero-order chi connectivity index (χ0) is 8.72. The molecule has 2 aromatic rings. The first-order valence-electron chi connectivity index (χ1n) is 3.49. The number of hydrogen-bond acceptors (Lipinski definition) is 1. The van der Waals surface area contributed by atoms with Crippen LogP contribution in [0.5, 0.6) is 0 Å². The molecule has 2 nitrogen and oxygen atoms in total. The van der Waals surface area contributed by atoms with Gasteiger partial charge in [0.2, 0.25) is 0 Å². The second-order valence-electron chi connectivity index (χ2n) is 2.59. The minimum Gasteiger partial charge on any atom is -0.276 e. The summed E-state index contributed by atoms with van der Waals surface area (Å²) in [6, 6.07) is 3.76. The van der Waals surface area contributed by atoms with Crippen molar-refractivity contribution < 1.29 is 0 Å². The van der Waals surface area contributed by atoms with Crippen molar-refractivity contribution in [1.82, 2.24) is 10.2 Å². The van der Waals surface area contributed by atoms with Gasteiger partial charge in [-0.15, -0.1) is 0 Å². The molecule has 0 atom stereocenters. The van der Waals surface area contributed by atoms with Crippen LogP contribution in [0.3, 0.4) is 0 Å². The molecule has 0 aliphatic rings. The minimum atomic E-state index is 0.703. The first-order chi connectivity index (χ1) is 5.70. The Morgan fingerprint density at radius 3 is 2.92 bits per heavy atom. The second kappa shape index (κ2) is 2.75. The van der Waals surface area contributed by atoms with Crippen LogP contribution in [0.2, 0.25) is 5.02 Å². The summed E-state index contributed by atoms with van der Waals surface area (Å²) in [5.41, 5.74) is 1.85. The molecule has 0 bridgehead atoms. The molecule has 0 saturated carbocycles. The Balaban J connectivity index is 2.98. The Morgan fingerprint density at radius 2 is 2.25 bits per heavy atom. The molecule has 62 valence electrons. The van der Waals surface area contributed by atoms with Crippen molar-refractivity contribution in [2.24, 2.45) is 0 Å². The van der Waals surface area contributed by atoms with Crippen molar-refractivity contribution in [1.29, 1.82) is 0 Å². The number of aryl methyl sites for hydroxylation is 1. The number of hydrogen-bond donors (Lipinski definition) is 1. The van der Waals surface area contributed by atoms with Crippen LogP contribution in [0.1, 0.15) is 5.69 Å². The maximum Gasteiger partial charge on any atom is 0.0850 e. The van der Waals surface area contributed by atoms with Crippen molar-refractivity contribution in [3.8, 4) is 0 Å². The van der Waals surface area contributed by atoms with Gasteiger partial charge in [-0.2, -0.15) is 5.10 Å². The van der Waals surface area contributed by atoms with Crippen LogP contribution in [0, 0.1) is 6.92 Å². The summed E-state index contributed by atoms with van der Waals surface area (Å²) in [5.74, 6) is 0. The third kappa shape index (κ3) is 1.04. The van der Waals surface area contributed by atoms with E-state index in [1.54, 1.807) is 0 Å². The van der Waals surface area contributed by atoms with Gasteiger partial charge in [0.15, 0.2) is 0 Å². The van der Waals surface area contributed by atoms with Gasteiger partial charge in [-0.3, -0.25) is 5.10 Å². The molecule has 1 aromatic carbocycles. The van der Waals surface area contributed by atoms with Crippen molar-refractivity contribution in [3.63, 3.8) is 0 Å². The molecule has 1 aromatic heterocycles. The lowest BCUT2D eigenvalue weighted by Gasteiger charge is -1.95. The molecule has 0 saturated heterocycles. The summed E-state index contributed by atoms with van der Waals surface area (Å²) in [6.45, 7) is 1.94. The van der Waals surface area contributed by atoms with E-state index in [1.807, 2.05) is 19.1 Å². The molecule has 4 heteroatoms. The third-order valence-corrected chi connectivity index (χ3v) is 2.78. The largest absolute Gasteiger partial charge is 0.276 e. The fourth-order valence-corrected chi connectivity index (χ4v) is 2.03. The number of aromatic amines is 1. The van der Waals surface area contributed by atoms with E-state index in [0.717, 1.165) is 21.1 Å². The first-order valence-corrected chi connectivity index (χ1v) is 4.66. The highest BCUT2D eigenvalue weighted by Crippen LogP contribution is 2.30. The molecule has 1 N–H and O–H groups in total. The Bertz CT molecular complexity index is 436. The van der Waals surface area contributed by atoms with Crippen LogP contribution >= 0.6 is 27.5 Å². The smallest absolute Gasteiger partial charge is 0.0850 e. The lowest BCUT2D eigenvalue weighted by atomic mass is 10.2. The molecule has 2 rings (SSSR count). The van der Waals surface area contributed by atoms with E-state index in [9.17, 15) is 0 Å². The van der Waals surface area contributed by atoms with Crippen LogP contribution in [-0.4, -0.2) is 10.2 Å². The Labute approximate surface area is 83.0 Å². The topological polar surface area (TPSA) is 28.7 Å². The molecule has 1 heterocycles. The van der Waals surface area contributed by atoms with Gasteiger partial charge in [-0.05, 0) is 19.1 Å². The molecule has 0 amide bonds. The Hall–Kier alpha value is -0.540. The lowest BCUT2D eigenvalue weighted by molar-refractivity contribution is 1.07. The lowest BCUT2D eigenvalue weighted by Crippen LogP contribution is -1.73. The van der Waals surface area contributed by atoms with Crippen molar-refractivity contribution in [3.05, 3.63) is 27.3 Å². The van der Waals surface area contributed by atoms with Crippen molar-refractivity contribution in [2.75, 3.05) is 0 Å². The third-order valence-electron chi connectivity index (χ3n) is 1.80. The van der Waals surface area contributed by atoms with Gasteiger partial charge in [0.1, 0.15) is 0 Å². The number of H-pyrrole nitrogens is 1. The fraction of sp³-hybridized carbons (Fsp3) is 0.125. The van der Waals surface area contributed by atoms with Crippen molar-refractivity contribution in [2.45, 2.75) is 6.92 Å². The van der Waals surface area contributed by atoms with E-state index in [4.69, 9.17) is 11.6 Å². The van der Waals surface area contributed by atoms with Gasteiger partial charge in [0.05, 0.1) is 16.2 Å². The van der Waals surface area contributed by atoms with Gasteiger partial charge in [0, 0.05) is 9.86 Å². The predicted molar refractivity (Wildman–Crippen MR) is 53.5 cm³/mol. The molecule has 0 fully saturated rings. The molecular formula is C8H6BrClN2. The highest BCUT2D eigenvalue weighted by atomic mass is 79.9. The summed E-state index contributed by atoms with van der Waals surface area (Å²) in [6.07, 6.45) is 0. The Kier molecular flexibility index (Phi) is 1.85. The highest BCUT2D eigenvalue weighted by molar-refractivity contribution is 9.10. The van der Waals surface area contributed by atoms with E-state index in [1.165, 1.54) is 0 Å². The fourth-order valence-electron chi connectivity index (χ4n) is 1.21. The van der Waals surface area contributed by atoms with E-state index in [0.29, 0.717) is 5.02 Å². The number of benzene rings is 1. The zero-order valence-corrected chi connectivity index (χ0v) is 8.70. The molecule has 12 heavy (non-hydrogen) atoms. The number of rotatable bonds is 0. The highest BCUT2D eigenvalue weighted by Gasteiger charge is 2.07. The molecule has 0 aliphatic heterocycles. The predicted octanol–water partition coefficient (Wildman–Crippen LogP) is 3.29. The summed E-state index contributed by atoms with van der Waals surface area (Å²) in [4.78, 5) is 0. The second-order valence-corrected chi connectivity index (χ2v) is 3.85. The molecule has 0 aliphatic carbocycles. The number of nitrogens with one attached hydrogen (secondary N) is 1. The maximum absolute atomic E-state index is 5.95. The summed E-state index contributed by atoms with van der Waals surface area (Å²) < 4.78 is 1.02. The van der Waals surface area contributed by atoms with Crippen LogP contribution in [0.4, 0.5) is 0 Å². The molecular weight excluding hydrogens is 239 g/mol. The van der Waals surface area contributed by atoms with E-state index >= 15 is 0 Å². The van der Waals surface area contributed by atoms with Gasteiger partial charge in [-0.25, -0.2) is 0 Å². The molecule has 0 spiro atoms. The van der Waals surface area contributed by atoms with Crippen LogP contribution in [0.15, 0.2) is 16.6 Å². The summed E-state index contributed by atoms with van der Waals surface area (Å²) >= 11 is 9.39. The van der Waals surface area contributed by atoms with Crippen LogP contribution in [-0.2, 0) is 0 Å². The Morgan fingerprint density at radius 1 is 1.50 bits per heavy atom. The maximum atomic E-state index is 5.95. The number of fused-ring (bicyclic) bond motifs is 1. The van der Waals surface area contributed by atoms with Crippen LogP contribution in [0.25, 0.3) is 10.9 Å². The molecule has 0 radical (unpaired) electrons. The van der Waals surface area contributed by atoms with Gasteiger partial charge >= 0.3 is 0 Å². The van der Waals surface area contributed by atoms with Gasteiger partial charge < -0.3 is 0 Å². The van der Waals surface area contributed by atoms with Gasteiger partial charge in [0.25, 0.3) is 0 Å². The molecule has 0 unspecified atom stereocenters. The zero-order valence-electron chi connectivity index (χ0n) is 6.36. The van der Waals surface area contributed by atoms with Crippen LogP contribution < -0.4 is 0 Å². The van der Waals surface area contributed by atoms with E-state index < -0.39 is 0 Å². The average molecular weight is 246 g/mol.